The minimum absolute atomic E-state index is 0.127. The van der Waals surface area contributed by atoms with E-state index in [0.717, 1.165) is 42.1 Å². The van der Waals surface area contributed by atoms with Crippen LogP contribution in [0.2, 0.25) is 0 Å². The molecule has 40 heavy (non-hydrogen) atoms. The first-order valence-electron chi connectivity index (χ1n) is 14.3. The number of nitrogens with one attached hydrogen (secondary N) is 3. The predicted octanol–water partition coefficient (Wildman–Crippen LogP) is 5.38. The molecule has 1 aliphatic heterocycles. The average molecular weight is 552 g/mol. The van der Waals surface area contributed by atoms with Crippen molar-refractivity contribution in [3.63, 3.8) is 0 Å². The van der Waals surface area contributed by atoms with Crippen molar-refractivity contribution in [2.45, 2.75) is 84.2 Å². The zero-order chi connectivity index (χ0) is 28.8. The lowest BCUT2D eigenvalue weighted by Crippen LogP contribution is -2.52. The molecule has 1 aromatic carbocycles. The van der Waals surface area contributed by atoms with Crippen molar-refractivity contribution in [3.05, 3.63) is 53.4 Å². The number of hydrogen-bond acceptors (Lipinski definition) is 5. The Morgan fingerprint density at radius 1 is 1.05 bits per heavy atom. The van der Waals surface area contributed by atoms with Gasteiger partial charge in [-0.15, -0.1) is 0 Å². The van der Waals surface area contributed by atoms with Gasteiger partial charge in [-0.3, -0.25) is 4.79 Å². The van der Waals surface area contributed by atoms with E-state index in [-0.39, 0.29) is 41.1 Å². The van der Waals surface area contributed by atoms with Crippen LogP contribution in [0.5, 0.6) is 0 Å². The van der Waals surface area contributed by atoms with Crippen LogP contribution in [-0.4, -0.2) is 57.0 Å². The first-order chi connectivity index (χ1) is 19.1. The molecule has 0 aliphatic carbocycles. The molecule has 1 aliphatic rings. The lowest BCUT2D eigenvalue weighted by Gasteiger charge is -2.27. The van der Waals surface area contributed by atoms with E-state index >= 15 is 0 Å². The Bertz CT molecular complexity index is 1320. The molecule has 2 aromatic heterocycles. The third-order valence-electron chi connectivity index (χ3n) is 7.32. The first-order valence-corrected chi connectivity index (χ1v) is 14.3. The number of benzene rings is 1. The van der Waals surface area contributed by atoms with Crippen molar-refractivity contribution < 1.29 is 23.9 Å². The quantitative estimate of drug-likeness (QED) is 0.267. The van der Waals surface area contributed by atoms with E-state index in [4.69, 9.17) is 4.42 Å². The van der Waals surface area contributed by atoms with E-state index in [2.05, 4.69) is 20.6 Å². The highest BCUT2D eigenvalue weighted by atomic mass is 16.4. The minimum atomic E-state index is -1.18. The summed E-state index contributed by atoms with van der Waals surface area (Å²) in [5.41, 5.74) is 1.72. The summed E-state index contributed by atoms with van der Waals surface area (Å²) < 4.78 is 6.00. The SMILES string of the molecule is CC(C)C[C@H](NC(=O)N1CCCCCC1)C(=O)N[C@H](Cc1c[nH]c2ccccc12)c1nc(C(=O)O)c(C(C)C)o1. The standard InChI is InChI=1S/C30H41N5O5/c1-18(2)15-23(33-30(39)35-13-9-5-6-10-14-35)27(36)32-24(16-20-17-31-22-12-8-7-11-21(20)22)28-34-25(29(37)38)26(40-28)19(3)4/h7-8,11-12,17-19,23-24,31H,5-6,9-10,13-16H2,1-4H3,(H,32,36)(H,33,39)(H,37,38)/t23-,24+/m0/s1. The fraction of sp³-hybridized carbons (Fsp3) is 0.533. The maximum Gasteiger partial charge on any atom is 0.358 e. The lowest BCUT2D eigenvalue weighted by molar-refractivity contribution is -0.124. The first kappa shape index (κ1) is 29.2. The van der Waals surface area contributed by atoms with Gasteiger partial charge < -0.3 is 30.0 Å². The third kappa shape index (κ3) is 7.03. The summed E-state index contributed by atoms with van der Waals surface area (Å²) in [7, 11) is 0. The molecule has 2 atom stereocenters. The Labute approximate surface area is 234 Å². The smallest absolute Gasteiger partial charge is 0.358 e. The van der Waals surface area contributed by atoms with Gasteiger partial charge in [0, 0.05) is 42.5 Å². The summed E-state index contributed by atoms with van der Waals surface area (Å²) in [6.07, 6.45) is 6.76. The highest BCUT2D eigenvalue weighted by Gasteiger charge is 2.31. The number of aromatic nitrogens is 2. The number of aromatic carboxylic acids is 1. The molecule has 3 heterocycles. The monoisotopic (exact) mass is 551 g/mol. The summed E-state index contributed by atoms with van der Waals surface area (Å²) >= 11 is 0. The molecule has 0 bridgehead atoms. The zero-order valence-corrected chi connectivity index (χ0v) is 23.8. The Balaban J connectivity index is 1.63. The number of H-pyrrole nitrogens is 1. The van der Waals surface area contributed by atoms with E-state index < -0.39 is 18.1 Å². The van der Waals surface area contributed by atoms with Gasteiger partial charge in [-0.25, -0.2) is 14.6 Å². The number of para-hydroxylation sites is 1. The topological polar surface area (TPSA) is 141 Å². The molecule has 3 amide bonds. The van der Waals surface area contributed by atoms with Crippen LogP contribution < -0.4 is 10.6 Å². The number of fused-ring (bicyclic) bond motifs is 1. The number of amides is 3. The van der Waals surface area contributed by atoms with Crippen molar-refractivity contribution in [1.29, 1.82) is 0 Å². The molecule has 3 aromatic rings. The number of urea groups is 1. The normalized spacial score (nSPS) is 15.7. The van der Waals surface area contributed by atoms with Gasteiger partial charge in [0.15, 0.2) is 5.69 Å². The molecule has 4 rings (SSSR count). The van der Waals surface area contributed by atoms with Crippen LogP contribution in [0.3, 0.4) is 0 Å². The van der Waals surface area contributed by atoms with Gasteiger partial charge >= 0.3 is 12.0 Å². The van der Waals surface area contributed by atoms with Gasteiger partial charge in [0.2, 0.25) is 11.8 Å². The number of rotatable bonds is 10. The fourth-order valence-corrected chi connectivity index (χ4v) is 5.25. The molecule has 0 unspecified atom stereocenters. The van der Waals surface area contributed by atoms with Crippen molar-refractivity contribution in [2.75, 3.05) is 13.1 Å². The number of carbonyl (C=O) groups is 3. The summed E-state index contributed by atoms with van der Waals surface area (Å²) in [4.78, 5) is 48.2. The van der Waals surface area contributed by atoms with E-state index in [1.807, 2.05) is 58.2 Å². The molecule has 10 nitrogen and oxygen atoms in total. The van der Waals surface area contributed by atoms with Crippen LogP contribution in [0, 0.1) is 5.92 Å². The molecule has 0 saturated carbocycles. The summed E-state index contributed by atoms with van der Waals surface area (Å²) in [6, 6.07) is 6.08. The van der Waals surface area contributed by atoms with Gasteiger partial charge in [-0.05, 0) is 36.8 Å². The maximum atomic E-state index is 13.8. The lowest BCUT2D eigenvalue weighted by atomic mass is 10.0. The molecule has 1 saturated heterocycles. The molecule has 10 heteroatoms. The highest BCUT2D eigenvalue weighted by molar-refractivity contribution is 5.88. The Kier molecular flexibility index (Phi) is 9.50. The Morgan fingerprint density at radius 3 is 2.38 bits per heavy atom. The zero-order valence-electron chi connectivity index (χ0n) is 23.8. The molecule has 216 valence electrons. The van der Waals surface area contributed by atoms with E-state index in [9.17, 15) is 19.5 Å². The maximum absolute atomic E-state index is 13.8. The Morgan fingerprint density at radius 2 is 1.75 bits per heavy atom. The van der Waals surface area contributed by atoms with Gasteiger partial charge in [0.25, 0.3) is 0 Å². The predicted molar refractivity (Wildman–Crippen MR) is 152 cm³/mol. The van der Waals surface area contributed by atoms with Gasteiger partial charge in [0.1, 0.15) is 17.8 Å². The van der Waals surface area contributed by atoms with Crippen LogP contribution in [0.4, 0.5) is 4.79 Å². The highest BCUT2D eigenvalue weighted by Crippen LogP contribution is 2.29. The number of aromatic amines is 1. The number of nitrogens with zero attached hydrogens (tertiary/aromatic N) is 2. The van der Waals surface area contributed by atoms with Gasteiger partial charge in [-0.1, -0.05) is 58.7 Å². The van der Waals surface area contributed by atoms with E-state index in [1.165, 1.54) is 0 Å². The number of carbonyl (C=O) groups excluding carboxylic acids is 2. The van der Waals surface area contributed by atoms with Crippen molar-refractivity contribution in [3.8, 4) is 0 Å². The summed E-state index contributed by atoms with van der Waals surface area (Å²) in [5.74, 6) is -1.21. The number of oxazole rings is 1. The number of likely N-dealkylation sites (tertiary alicyclic amines) is 1. The van der Waals surface area contributed by atoms with Crippen LogP contribution in [-0.2, 0) is 11.2 Å². The minimum Gasteiger partial charge on any atom is -0.476 e. The van der Waals surface area contributed by atoms with Crippen LogP contribution >= 0.6 is 0 Å². The number of carboxylic acid groups (broad SMARTS) is 1. The second kappa shape index (κ2) is 13.0. The van der Waals surface area contributed by atoms with Crippen LogP contribution in [0.1, 0.15) is 99.5 Å². The third-order valence-corrected chi connectivity index (χ3v) is 7.32. The molecule has 0 spiro atoms. The van der Waals surface area contributed by atoms with Crippen molar-refractivity contribution in [1.82, 2.24) is 25.5 Å². The van der Waals surface area contributed by atoms with Crippen LogP contribution in [0.15, 0.2) is 34.9 Å². The second-order valence-electron chi connectivity index (χ2n) is 11.4. The van der Waals surface area contributed by atoms with Crippen molar-refractivity contribution >= 4 is 28.8 Å². The average Bonchev–Trinajstić information content (AvgIpc) is 3.44. The van der Waals surface area contributed by atoms with Crippen LogP contribution in [0.25, 0.3) is 10.9 Å². The second-order valence-corrected chi connectivity index (χ2v) is 11.4. The summed E-state index contributed by atoms with van der Waals surface area (Å²) in [5, 5.41) is 16.8. The summed E-state index contributed by atoms with van der Waals surface area (Å²) in [6.45, 7) is 9.03. The van der Waals surface area contributed by atoms with Gasteiger partial charge in [-0.2, -0.15) is 0 Å². The number of hydrogen-bond donors (Lipinski definition) is 4. The molecule has 1 fully saturated rings. The largest absolute Gasteiger partial charge is 0.476 e. The van der Waals surface area contributed by atoms with E-state index in [1.54, 1.807) is 4.90 Å². The molecule has 0 radical (unpaired) electrons. The molecular formula is C30H41N5O5. The Hall–Kier alpha value is -3.82. The fourth-order valence-electron chi connectivity index (χ4n) is 5.25. The van der Waals surface area contributed by atoms with Gasteiger partial charge in [0.05, 0.1) is 0 Å². The molecule has 4 N–H and O–H groups in total. The van der Waals surface area contributed by atoms with Crippen molar-refractivity contribution in [2.24, 2.45) is 5.92 Å². The number of carboxylic acids is 1. The van der Waals surface area contributed by atoms with E-state index in [0.29, 0.717) is 25.9 Å². The molecular weight excluding hydrogens is 510 g/mol.